The Bertz CT molecular complexity index is 707. The van der Waals surface area contributed by atoms with E-state index >= 15 is 0 Å². The van der Waals surface area contributed by atoms with Crippen molar-refractivity contribution in [2.75, 3.05) is 16.6 Å². The fourth-order valence-electron chi connectivity index (χ4n) is 1.73. The van der Waals surface area contributed by atoms with Crippen LogP contribution in [0.15, 0.2) is 33.7 Å². The zero-order valence-corrected chi connectivity index (χ0v) is 12.4. The summed E-state index contributed by atoms with van der Waals surface area (Å²) < 4.78 is 32.3. The van der Waals surface area contributed by atoms with Crippen LogP contribution in [0, 0.1) is 13.8 Å². The van der Waals surface area contributed by atoms with Gasteiger partial charge in [-0.3, -0.25) is 0 Å². The van der Waals surface area contributed by atoms with Gasteiger partial charge in [0.15, 0.2) is 0 Å². The molecule has 2 aromatic rings. The third-order valence-electron chi connectivity index (χ3n) is 2.93. The molecule has 0 aliphatic carbocycles. The number of hydrogen-bond acceptors (Lipinski definition) is 5. The number of rotatable bonds is 5. The van der Waals surface area contributed by atoms with Gasteiger partial charge in [0.05, 0.1) is 11.4 Å². The third kappa shape index (κ3) is 2.77. The molecule has 1 heterocycles. The summed E-state index contributed by atoms with van der Waals surface area (Å²) in [6.45, 7) is 6.04. The number of aryl methyl sites for hydroxylation is 1. The van der Waals surface area contributed by atoms with Gasteiger partial charge in [0.2, 0.25) is 5.88 Å². The van der Waals surface area contributed by atoms with Crippen molar-refractivity contribution in [3.63, 3.8) is 0 Å². The molecule has 1 aromatic carbocycles. The molecule has 0 bridgehead atoms. The lowest BCUT2D eigenvalue weighted by Gasteiger charge is -2.11. The molecule has 20 heavy (non-hydrogen) atoms. The van der Waals surface area contributed by atoms with E-state index in [2.05, 4.69) is 15.2 Å². The number of hydrogen-bond donors (Lipinski definition) is 2. The molecule has 108 valence electrons. The summed E-state index contributed by atoms with van der Waals surface area (Å²) in [5.41, 5.74) is 1.88. The first kappa shape index (κ1) is 14.4. The molecular formula is C13H17N3O3S. The molecule has 2 rings (SSSR count). The van der Waals surface area contributed by atoms with Crippen LogP contribution in [0.1, 0.15) is 18.2 Å². The van der Waals surface area contributed by atoms with Gasteiger partial charge in [-0.05, 0) is 32.9 Å². The van der Waals surface area contributed by atoms with Crippen LogP contribution in [-0.2, 0) is 10.0 Å². The first-order valence-corrected chi connectivity index (χ1v) is 7.72. The van der Waals surface area contributed by atoms with Crippen molar-refractivity contribution in [3.05, 3.63) is 35.5 Å². The van der Waals surface area contributed by atoms with E-state index in [1.165, 1.54) is 0 Å². The lowest BCUT2D eigenvalue weighted by Crippen LogP contribution is -2.15. The minimum atomic E-state index is -3.72. The van der Waals surface area contributed by atoms with Gasteiger partial charge in [-0.2, -0.15) is 0 Å². The summed E-state index contributed by atoms with van der Waals surface area (Å²) in [6, 6.07) is 6.71. The Hall–Kier alpha value is -2.02. The van der Waals surface area contributed by atoms with E-state index in [1.807, 2.05) is 6.92 Å². The van der Waals surface area contributed by atoms with E-state index in [-0.39, 0.29) is 10.8 Å². The standard InChI is InChI=1S/C13H17N3O3S/c1-4-14-11-7-5-6-8-12(11)20(17,18)16-13-9(2)10(3)15-19-13/h5-8,14,16H,4H2,1-3H3. The van der Waals surface area contributed by atoms with Crippen LogP contribution in [0.5, 0.6) is 0 Å². The zero-order chi connectivity index (χ0) is 14.8. The fraction of sp³-hybridized carbons (Fsp3) is 0.308. The van der Waals surface area contributed by atoms with E-state index in [9.17, 15) is 8.42 Å². The number of nitrogens with one attached hydrogen (secondary N) is 2. The number of sulfonamides is 1. The molecule has 2 N–H and O–H groups in total. The highest BCUT2D eigenvalue weighted by atomic mass is 32.2. The zero-order valence-electron chi connectivity index (χ0n) is 11.6. The third-order valence-corrected chi connectivity index (χ3v) is 4.32. The van der Waals surface area contributed by atoms with Crippen LogP contribution in [0.2, 0.25) is 0 Å². The quantitative estimate of drug-likeness (QED) is 0.885. The Balaban J connectivity index is 2.38. The molecule has 0 aliphatic rings. The minimum absolute atomic E-state index is 0.147. The average molecular weight is 295 g/mol. The summed E-state index contributed by atoms with van der Waals surface area (Å²) >= 11 is 0. The number of nitrogens with zero attached hydrogens (tertiary/aromatic N) is 1. The van der Waals surface area contributed by atoms with Gasteiger partial charge in [-0.1, -0.05) is 17.3 Å². The van der Waals surface area contributed by atoms with Crippen molar-refractivity contribution in [1.82, 2.24) is 5.16 Å². The van der Waals surface area contributed by atoms with Crippen molar-refractivity contribution in [2.45, 2.75) is 25.7 Å². The maximum Gasteiger partial charge on any atom is 0.266 e. The lowest BCUT2D eigenvalue weighted by molar-refractivity contribution is 0.430. The normalized spacial score (nSPS) is 11.3. The Kier molecular flexibility index (Phi) is 3.99. The molecule has 0 spiro atoms. The largest absolute Gasteiger partial charge is 0.384 e. The molecule has 0 fully saturated rings. The van der Waals surface area contributed by atoms with Gasteiger partial charge in [0, 0.05) is 12.1 Å². The first-order chi connectivity index (χ1) is 9.45. The molecule has 0 unspecified atom stereocenters. The van der Waals surface area contributed by atoms with Gasteiger partial charge < -0.3 is 9.84 Å². The topological polar surface area (TPSA) is 84.2 Å². The Morgan fingerprint density at radius 2 is 1.95 bits per heavy atom. The van der Waals surface area contributed by atoms with Crippen LogP contribution in [0.4, 0.5) is 11.6 Å². The van der Waals surface area contributed by atoms with E-state index < -0.39 is 10.0 Å². The van der Waals surface area contributed by atoms with E-state index in [0.29, 0.717) is 23.5 Å². The van der Waals surface area contributed by atoms with Crippen LogP contribution < -0.4 is 10.0 Å². The van der Waals surface area contributed by atoms with Crippen LogP contribution in [-0.4, -0.2) is 20.1 Å². The number of para-hydroxylation sites is 1. The summed E-state index contributed by atoms with van der Waals surface area (Å²) in [6.07, 6.45) is 0. The molecule has 0 amide bonds. The monoisotopic (exact) mass is 295 g/mol. The van der Waals surface area contributed by atoms with Crippen molar-refractivity contribution in [3.8, 4) is 0 Å². The summed E-state index contributed by atoms with van der Waals surface area (Å²) in [4.78, 5) is 0.176. The second-order valence-electron chi connectivity index (χ2n) is 4.35. The smallest absolute Gasteiger partial charge is 0.266 e. The minimum Gasteiger partial charge on any atom is -0.384 e. The van der Waals surface area contributed by atoms with Crippen molar-refractivity contribution in [2.24, 2.45) is 0 Å². The molecular weight excluding hydrogens is 278 g/mol. The van der Waals surface area contributed by atoms with E-state index in [1.54, 1.807) is 38.1 Å². The molecule has 1 aromatic heterocycles. The summed E-state index contributed by atoms with van der Waals surface area (Å²) in [5, 5.41) is 6.76. The molecule has 0 saturated heterocycles. The van der Waals surface area contributed by atoms with Crippen LogP contribution in [0.3, 0.4) is 0 Å². The second kappa shape index (κ2) is 5.54. The number of aromatic nitrogens is 1. The van der Waals surface area contributed by atoms with Gasteiger partial charge >= 0.3 is 0 Å². The highest BCUT2D eigenvalue weighted by molar-refractivity contribution is 7.92. The fourth-order valence-corrected chi connectivity index (χ4v) is 2.96. The van der Waals surface area contributed by atoms with Crippen molar-refractivity contribution in [1.29, 1.82) is 0 Å². The maximum atomic E-state index is 12.4. The average Bonchev–Trinajstić information content (AvgIpc) is 2.71. The Labute approximate surface area is 118 Å². The van der Waals surface area contributed by atoms with Crippen molar-refractivity contribution >= 4 is 21.6 Å². The lowest BCUT2D eigenvalue weighted by atomic mass is 10.3. The highest BCUT2D eigenvalue weighted by Gasteiger charge is 2.21. The molecule has 0 saturated carbocycles. The SMILES string of the molecule is CCNc1ccccc1S(=O)(=O)Nc1onc(C)c1C. The predicted molar refractivity (Wildman–Crippen MR) is 77.4 cm³/mol. The molecule has 0 radical (unpaired) electrons. The first-order valence-electron chi connectivity index (χ1n) is 6.24. The Morgan fingerprint density at radius 3 is 2.55 bits per heavy atom. The molecule has 7 heteroatoms. The number of benzene rings is 1. The Morgan fingerprint density at radius 1 is 1.25 bits per heavy atom. The maximum absolute atomic E-state index is 12.4. The van der Waals surface area contributed by atoms with Gasteiger partial charge in [-0.15, -0.1) is 0 Å². The highest BCUT2D eigenvalue weighted by Crippen LogP contribution is 2.25. The molecule has 6 nitrogen and oxygen atoms in total. The van der Waals surface area contributed by atoms with Crippen LogP contribution in [0.25, 0.3) is 0 Å². The number of anilines is 2. The summed E-state index contributed by atoms with van der Waals surface area (Å²) in [5.74, 6) is 0.147. The van der Waals surface area contributed by atoms with Gasteiger partial charge in [-0.25, -0.2) is 13.1 Å². The second-order valence-corrected chi connectivity index (χ2v) is 6.00. The molecule has 0 atom stereocenters. The molecule has 0 aliphatic heterocycles. The summed E-state index contributed by atoms with van der Waals surface area (Å²) in [7, 11) is -3.72. The van der Waals surface area contributed by atoms with E-state index in [0.717, 1.165) is 0 Å². The van der Waals surface area contributed by atoms with Gasteiger partial charge in [0.1, 0.15) is 4.90 Å². The van der Waals surface area contributed by atoms with E-state index in [4.69, 9.17) is 4.52 Å². The van der Waals surface area contributed by atoms with Gasteiger partial charge in [0.25, 0.3) is 10.0 Å². The van der Waals surface area contributed by atoms with Crippen molar-refractivity contribution < 1.29 is 12.9 Å². The predicted octanol–water partition coefficient (Wildman–Crippen LogP) is 2.52. The van der Waals surface area contributed by atoms with Crippen LogP contribution >= 0.6 is 0 Å².